The van der Waals surface area contributed by atoms with Crippen LogP contribution in [0, 0.1) is 0 Å². The maximum Gasteiger partial charge on any atom is 0.263 e. The molecule has 1 aliphatic heterocycles. The second-order valence-corrected chi connectivity index (χ2v) is 10.7. The number of benzene rings is 3. The average Bonchev–Trinajstić information content (AvgIpc) is 3.46. The Hall–Kier alpha value is -4.59. The Morgan fingerprint density at radius 1 is 1.00 bits per heavy atom. The molecule has 3 aromatic carbocycles. The molecule has 4 aromatic rings. The Labute approximate surface area is 232 Å². The van der Waals surface area contributed by atoms with Crippen LogP contribution in [0.15, 0.2) is 76.6 Å². The van der Waals surface area contributed by atoms with Crippen molar-refractivity contribution >= 4 is 12.2 Å². The summed E-state index contributed by atoms with van der Waals surface area (Å²) in [6.45, 7) is 0.211. The Morgan fingerprint density at radius 2 is 1.85 bits per heavy atom. The van der Waals surface area contributed by atoms with Crippen molar-refractivity contribution in [1.82, 2.24) is 9.55 Å². The Kier molecular flexibility index (Phi) is 6.03. The zero-order valence-electron chi connectivity index (χ0n) is 22.4. The quantitative estimate of drug-likeness (QED) is 0.256. The molecule has 2 heterocycles. The van der Waals surface area contributed by atoms with Crippen LogP contribution in [0.25, 0.3) is 16.9 Å². The molecular formula is C32H30N4O4. The zero-order chi connectivity index (χ0) is 27.1. The number of fused-ring (bicyclic) bond motifs is 5. The molecule has 0 bridgehead atoms. The lowest BCUT2D eigenvalue weighted by atomic mass is 9.62. The normalized spacial score (nSPS) is 16.5. The van der Waals surface area contributed by atoms with Gasteiger partial charge in [-0.2, -0.15) is 5.10 Å². The summed E-state index contributed by atoms with van der Waals surface area (Å²) in [7, 11) is 1.62. The second-order valence-electron chi connectivity index (χ2n) is 10.7. The Bertz CT molecular complexity index is 1690. The molecule has 8 nitrogen and oxygen atoms in total. The molecule has 1 aromatic heterocycles. The third-order valence-electron chi connectivity index (χ3n) is 8.31. The van der Waals surface area contributed by atoms with Gasteiger partial charge in [0.1, 0.15) is 5.75 Å². The number of rotatable bonds is 5. The summed E-state index contributed by atoms with van der Waals surface area (Å²) in [4.78, 5) is 19.8. The first-order chi connectivity index (χ1) is 19.6. The molecule has 0 saturated heterocycles. The van der Waals surface area contributed by atoms with Crippen LogP contribution in [-0.2, 0) is 11.8 Å². The smallest absolute Gasteiger partial charge is 0.263 e. The first-order valence-corrected chi connectivity index (χ1v) is 13.7. The minimum Gasteiger partial charge on any atom is -0.497 e. The van der Waals surface area contributed by atoms with Gasteiger partial charge in [-0.05, 0) is 60.7 Å². The summed E-state index contributed by atoms with van der Waals surface area (Å²) in [5, 5.41) is 4.49. The van der Waals surface area contributed by atoms with E-state index in [1.54, 1.807) is 17.9 Å². The van der Waals surface area contributed by atoms with Crippen LogP contribution in [0.1, 0.15) is 48.8 Å². The fourth-order valence-electron chi connectivity index (χ4n) is 6.43. The maximum absolute atomic E-state index is 14.6. The third-order valence-corrected chi connectivity index (χ3v) is 8.31. The first-order valence-electron chi connectivity index (χ1n) is 13.7. The maximum atomic E-state index is 14.6. The minimum absolute atomic E-state index is 0.0598. The number of ether oxygens (including phenoxy) is 3. The predicted molar refractivity (Wildman–Crippen MR) is 154 cm³/mol. The van der Waals surface area contributed by atoms with Crippen molar-refractivity contribution in [3.63, 3.8) is 0 Å². The summed E-state index contributed by atoms with van der Waals surface area (Å²) < 4.78 is 18.0. The molecule has 1 saturated carbocycles. The highest BCUT2D eigenvalue weighted by Gasteiger charge is 2.43. The number of methoxy groups -OCH3 is 1. The summed E-state index contributed by atoms with van der Waals surface area (Å²) in [6, 6.07) is 21.5. The minimum atomic E-state index is -0.221. The van der Waals surface area contributed by atoms with E-state index in [4.69, 9.17) is 19.2 Å². The van der Waals surface area contributed by atoms with E-state index in [0.717, 1.165) is 54.5 Å². The van der Waals surface area contributed by atoms with E-state index in [0.29, 0.717) is 28.9 Å². The largest absolute Gasteiger partial charge is 0.497 e. The Morgan fingerprint density at radius 3 is 2.73 bits per heavy atom. The van der Waals surface area contributed by atoms with E-state index in [2.05, 4.69) is 28.7 Å². The number of nitrogens with zero attached hydrogens (tertiary/aromatic N) is 3. The monoisotopic (exact) mass is 534 g/mol. The summed E-state index contributed by atoms with van der Waals surface area (Å²) in [5.41, 5.74) is 8.15. The van der Waals surface area contributed by atoms with Gasteiger partial charge < -0.3 is 14.2 Å². The number of hydrogen-bond acceptors (Lipinski definition) is 7. The van der Waals surface area contributed by atoms with Gasteiger partial charge in [-0.1, -0.05) is 49.6 Å². The lowest BCUT2D eigenvalue weighted by molar-refractivity contribution is 0.174. The molecule has 3 aliphatic rings. The van der Waals surface area contributed by atoms with Gasteiger partial charge in [0, 0.05) is 17.0 Å². The van der Waals surface area contributed by atoms with Crippen molar-refractivity contribution in [2.45, 2.75) is 43.9 Å². The van der Waals surface area contributed by atoms with Crippen molar-refractivity contribution in [3.8, 4) is 34.2 Å². The molecule has 0 atom stereocenters. The van der Waals surface area contributed by atoms with E-state index in [1.165, 1.54) is 12.0 Å². The molecule has 0 unspecified atom stereocenters. The number of hydrogen-bond donors (Lipinski definition) is 1. The predicted octanol–water partition coefficient (Wildman–Crippen LogP) is 5.84. The lowest BCUT2D eigenvalue weighted by Gasteiger charge is -2.42. The van der Waals surface area contributed by atoms with Gasteiger partial charge in [-0.25, -0.2) is 15.0 Å². The molecule has 1 spiro atoms. The number of aromatic nitrogens is 2. The van der Waals surface area contributed by atoms with Crippen molar-refractivity contribution in [3.05, 3.63) is 93.8 Å². The molecule has 40 heavy (non-hydrogen) atoms. The van der Waals surface area contributed by atoms with Gasteiger partial charge in [0.05, 0.1) is 30.3 Å². The van der Waals surface area contributed by atoms with Crippen molar-refractivity contribution in [2.24, 2.45) is 5.10 Å². The highest BCUT2D eigenvalue weighted by Crippen LogP contribution is 2.49. The van der Waals surface area contributed by atoms with Crippen molar-refractivity contribution in [1.29, 1.82) is 0 Å². The van der Waals surface area contributed by atoms with Gasteiger partial charge in [-0.15, -0.1) is 0 Å². The highest BCUT2D eigenvalue weighted by atomic mass is 16.7. The first kappa shape index (κ1) is 24.5. The fraction of sp³-hybridized carbons (Fsp3) is 0.281. The molecule has 7 rings (SSSR count). The standard InChI is InChI=1S/C32H30N4O4/c1-38-24-10-7-9-23(17-24)36-30(37)28-29(25-11-4-3-8-22(25)18-32(28)14-5-2-6-15-32)34-31(36)35-33-19-21-12-13-26-27(16-21)40-20-39-26/h3-4,7-13,16-17,19H,2,5-6,14-15,18,20H2,1H3,(H,34,35)/b33-19-. The molecule has 2 aliphatic carbocycles. The molecule has 0 amide bonds. The van der Waals surface area contributed by atoms with Crippen LogP contribution in [-0.4, -0.2) is 29.7 Å². The topological polar surface area (TPSA) is 87.0 Å². The lowest BCUT2D eigenvalue weighted by Crippen LogP contribution is -2.42. The van der Waals surface area contributed by atoms with Gasteiger partial charge in [0.25, 0.3) is 5.56 Å². The van der Waals surface area contributed by atoms with Gasteiger partial charge in [0.15, 0.2) is 11.5 Å². The molecule has 8 heteroatoms. The molecular weight excluding hydrogens is 504 g/mol. The second kappa shape index (κ2) is 9.86. The number of hydrazone groups is 1. The summed E-state index contributed by atoms with van der Waals surface area (Å²) in [5.74, 6) is 2.40. The molecule has 1 fully saturated rings. The van der Waals surface area contributed by atoms with Crippen LogP contribution < -0.4 is 25.2 Å². The molecule has 1 N–H and O–H groups in total. The van der Waals surface area contributed by atoms with Crippen LogP contribution in [0.3, 0.4) is 0 Å². The molecule has 0 radical (unpaired) electrons. The third kappa shape index (κ3) is 4.11. The number of anilines is 1. The van der Waals surface area contributed by atoms with Crippen LogP contribution in [0.4, 0.5) is 5.95 Å². The summed E-state index contributed by atoms with van der Waals surface area (Å²) in [6.07, 6.45) is 7.93. The van der Waals surface area contributed by atoms with Crippen LogP contribution >= 0.6 is 0 Å². The van der Waals surface area contributed by atoms with E-state index in [1.807, 2.05) is 48.5 Å². The van der Waals surface area contributed by atoms with E-state index in [-0.39, 0.29) is 17.8 Å². The van der Waals surface area contributed by atoms with Gasteiger partial charge >= 0.3 is 0 Å². The fourth-order valence-corrected chi connectivity index (χ4v) is 6.43. The average molecular weight is 535 g/mol. The SMILES string of the molecule is COc1cccc(-n2c(N/N=C\c3ccc4c(c3)OCO4)nc3c(c2=O)C2(CCCCC2)Cc2ccccc2-3)c1. The summed E-state index contributed by atoms with van der Waals surface area (Å²) >= 11 is 0. The highest BCUT2D eigenvalue weighted by molar-refractivity contribution is 5.81. The van der Waals surface area contributed by atoms with Gasteiger partial charge in [-0.3, -0.25) is 4.79 Å². The van der Waals surface area contributed by atoms with E-state index >= 15 is 0 Å². The van der Waals surface area contributed by atoms with Crippen LogP contribution in [0.2, 0.25) is 0 Å². The van der Waals surface area contributed by atoms with Crippen LogP contribution in [0.5, 0.6) is 17.2 Å². The zero-order valence-corrected chi connectivity index (χ0v) is 22.4. The number of nitrogens with one attached hydrogen (secondary N) is 1. The molecule has 202 valence electrons. The Balaban J connectivity index is 1.39. The van der Waals surface area contributed by atoms with E-state index < -0.39 is 0 Å². The van der Waals surface area contributed by atoms with E-state index in [9.17, 15) is 4.79 Å². The van der Waals surface area contributed by atoms with Crippen molar-refractivity contribution in [2.75, 3.05) is 19.3 Å². The van der Waals surface area contributed by atoms with Crippen molar-refractivity contribution < 1.29 is 14.2 Å². The van der Waals surface area contributed by atoms with Gasteiger partial charge in [0.2, 0.25) is 12.7 Å².